The van der Waals surface area contributed by atoms with Crippen LogP contribution in [-0.4, -0.2) is 38.0 Å². The zero-order valence-corrected chi connectivity index (χ0v) is 11.6. The number of hydrogen-bond acceptors (Lipinski definition) is 3. The summed E-state index contributed by atoms with van der Waals surface area (Å²) in [6, 6.07) is 0.584. The Morgan fingerprint density at radius 3 is 2.31 bits per heavy atom. The molecule has 1 fully saturated rings. The monoisotopic (exact) mass is 229 g/mol. The molecule has 1 rings (SSSR count). The summed E-state index contributed by atoms with van der Waals surface area (Å²) in [5.74, 6) is 0. The van der Waals surface area contributed by atoms with Crippen molar-refractivity contribution in [3.05, 3.63) is 0 Å². The van der Waals surface area contributed by atoms with Crippen LogP contribution in [0.3, 0.4) is 0 Å². The SMILES string of the molecule is CNC1CC(OCCOC(C)(C)C)C1(C)C. The summed E-state index contributed by atoms with van der Waals surface area (Å²) in [6.45, 7) is 12.1. The minimum absolute atomic E-state index is 0.0635. The van der Waals surface area contributed by atoms with Gasteiger partial charge in [0.05, 0.1) is 24.9 Å². The van der Waals surface area contributed by atoms with E-state index in [0.29, 0.717) is 25.4 Å². The molecule has 3 heteroatoms. The molecule has 16 heavy (non-hydrogen) atoms. The second-order valence-corrected chi connectivity index (χ2v) is 6.22. The van der Waals surface area contributed by atoms with E-state index < -0.39 is 0 Å². The first-order valence-electron chi connectivity index (χ1n) is 6.20. The predicted molar refractivity (Wildman–Crippen MR) is 66.7 cm³/mol. The number of hydrogen-bond donors (Lipinski definition) is 1. The summed E-state index contributed by atoms with van der Waals surface area (Å²) in [7, 11) is 2.02. The van der Waals surface area contributed by atoms with Crippen molar-refractivity contribution < 1.29 is 9.47 Å². The maximum absolute atomic E-state index is 5.86. The summed E-state index contributed by atoms with van der Waals surface area (Å²) < 4.78 is 11.5. The van der Waals surface area contributed by atoms with Crippen molar-refractivity contribution in [2.45, 2.75) is 58.8 Å². The van der Waals surface area contributed by atoms with Crippen LogP contribution in [0.4, 0.5) is 0 Å². The molecular weight excluding hydrogens is 202 g/mol. The Hall–Kier alpha value is -0.120. The zero-order chi connectivity index (χ0) is 12.4. The first kappa shape index (κ1) is 13.9. The van der Waals surface area contributed by atoms with Gasteiger partial charge in [-0.3, -0.25) is 0 Å². The van der Waals surface area contributed by atoms with Crippen molar-refractivity contribution in [1.29, 1.82) is 0 Å². The Labute approximate surface area is 99.9 Å². The molecule has 1 aliphatic rings. The van der Waals surface area contributed by atoms with Gasteiger partial charge in [-0.25, -0.2) is 0 Å². The lowest BCUT2D eigenvalue weighted by Crippen LogP contribution is -2.60. The smallest absolute Gasteiger partial charge is 0.0707 e. The van der Waals surface area contributed by atoms with E-state index in [0.717, 1.165) is 6.42 Å². The van der Waals surface area contributed by atoms with E-state index in [1.54, 1.807) is 0 Å². The van der Waals surface area contributed by atoms with Gasteiger partial charge in [0.25, 0.3) is 0 Å². The fraction of sp³-hybridized carbons (Fsp3) is 1.00. The predicted octanol–water partition coefficient (Wildman–Crippen LogP) is 2.20. The molecule has 0 aliphatic heterocycles. The lowest BCUT2D eigenvalue weighted by atomic mass is 9.64. The summed E-state index contributed by atoms with van der Waals surface area (Å²) in [6.07, 6.45) is 1.48. The number of rotatable bonds is 5. The molecule has 96 valence electrons. The van der Waals surface area contributed by atoms with Gasteiger partial charge in [-0.05, 0) is 34.2 Å². The molecule has 2 unspecified atom stereocenters. The summed E-state index contributed by atoms with van der Waals surface area (Å²) in [5, 5.41) is 3.33. The van der Waals surface area contributed by atoms with Crippen LogP contribution in [0.15, 0.2) is 0 Å². The van der Waals surface area contributed by atoms with Crippen molar-refractivity contribution in [3.63, 3.8) is 0 Å². The Kier molecular flexibility index (Phi) is 4.38. The van der Waals surface area contributed by atoms with Gasteiger partial charge in [-0.1, -0.05) is 13.8 Å². The molecule has 0 saturated heterocycles. The molecule has 0 spiro atoms. The Morgan fingerprint density at radius 1 is 1.25 bits per heavy atom. The van der Waals surface area contributed by atoms with Crippen molar-refractivity contribution in [2.75, 3.05) is 20.3 Å². The van der Waals surface area contributed by atoms with Crippen LogP contribution in [0, 0.1) is 5.41 Å². The topological polar surface area (TPSA) is 30.5 Å². The van der Waals surface area contributed by atoms with Crippen LogP contribution in [-0.2, 0) is 9.47 Å². The van der Waals surface area contributed by atoms with Gasteiger partial charge in [0.15, 0.2) is 0 Å². The van der Waals surface area contributed by atoms with E-state index in [1.807, 2.05) is 7.05 Å². The lowest BCUT2D eigenvalue weighted by Gasteiger charge is -2.51. The summed E-state index contributed by atoms with van der Waals surface area (Å²) in [5.41, 5.74) is 0.183. The fourth-order valence-corrected chi connectivity index (χ4v) is 2.20. The van der Waals surface area contributed by atoms with Crippen molar-refractivity contribution in [1.82, 2.24) is 5.32 Å². The average molecular weight is 229 g/mol. The van der Waals surface area contributed by atoms with Crippen molar-refractivity contribution >= 4 is 0 Å². The van der Waals surface area contributed by atoms with Gasteiger partial charge < -0.3 is 14.8 Å². The molecule has 2 atom stereocenters. The highest BCUT2D eigenvalue weighted by Crippen LogP contribution is 2.42. The van der Waals surface area contributed by atoms with Gasteiger partial charge in [0.1, 0.15) is 0 Å². The number of nitrogens with one attached hydrogen (secondary N) is 1. The van der Waals surface area contributed by atoms with Crippen LogP contribution < -0.4 is 5.32 Å². The van der Waals surface area contributed by atoms with Gasteiger partial charge in [-0.15, -0.1) is 0 Å². The third-order valence-corrected chi connectivity index (χ3v) is 3.46. The molecule has 0 aromatic carbocycles. The third kappa shape index (κ3) is 3.44. The maximum atomic E-state index is 5.86. The molecule has 0 heterocycles. The molecule has 1 saturated carbocycles. The Bertz CT molecular complexity index is 220. The number of ether oxygens (including phenoxy) is 2. The van der Waals surface area contributed by atoms with Crippen LogP contribution in [0.1, 0.15) is 41.0 Å². The van der Waals surface area contributed by atoms with Gasteiger partial charge in [-0.2, -0.15) is 0 Å². The second kappa shape index (κ2) is 5.03. The van der Waals surface area contributed by atoms with Gasteiger partial charge in [0, 0.05) is 11.5 Å². The highest BCUT2D eigenvalue weighted by molar-refractivity contribution is 5.02. The van der Waals surface area contributed by atoms with Crippen LogP contribution in [0.2, 0.25) is 0 Å². The molecule has 0 aromatic heterocycles. The quantitative estimate of drug-likeness (QED) is 0.733. The minimum Gasteiger partial charge on any atom is -0.375 e. The van der Waals surface area contributed by atoms with Crippen LogP contribution in [0.5, 0.6) is 0 Å². The molecule has 3 nitrogen and oxygen atoms in total. The normalized spacial score (nSPS) is 28.9. The first-order valence-corrected chi connectivity index (χ1v) is 6.20. The van der Waals surface area contributed by atoms with E-state index in [4.69, 9.17) is 9.47 Å². The summed E-state index contributed by atoms with van der Waals surface area (Å²) in [4.78, 5) is 0. The maximum Gasteiger partial charge on any atom is 0.0707 e. The zero-order valence-electron chi connectivity index (χ0n) is 11.6. The second-order valence-electron chi connectivity index (χ2n) is 6.22. The van der Waals surface area contributed by atoms with Crippen LogP contribution in [0.25, 0.3) is 0 Å². The Balaban J connectivity index is 2.16. The largest absolute Gasteiger partial charge is 0.375 e. The van der Waals surface area contributed by atoms with E-state index in [-0.39, 0.29) is 11.0 Å². The molecule has 0 amide bonds. The molecule has 1 aliphatic carbocycles. The van der Waals surface area contributed by atoms with Gasteiger partial charge >= 0.3 is 0 Å². The molecule has 0 radical (unpaired) electrons. The Morgan fingerprint density at radius 2 is 1.88 bits per heavy atom. The first-order chi connectivity index (χ1) is 7.27. The van der Waals surface area contributed by atoms with E-state index in [9.17, 15) is 0 Å². The molecule has 0 aromatic rings. The average Bonchev–Trinajstić information content (AvgIpc) is 2.13. The fourth-order valence-electron chi connectivity index (χ4n) is 2.20. The summed E-state index contributed by atoms with van der Waals surface area (Å²) >= 11 is 0. The minimum atomic E-state index is -0.0635. The third-order valence-electron chi connectivity index (χ3n) is 3.46. The highest BCUT2D eigenvalue weighted by atomic mass is 16.5. The van der Waals surface area contributed by atoms with Crippen molar-refractivity contribution in [3.8, 4) is 0 Å². The van der Waals surface area contributed by atoms with E-state index >= 15 is 0 Å². The molecule has 1 N–H and O–H groups in total. The standard InChI is InChI=1S/C13H27NO2/c1-12(2,3)16-8-7-15-11-9-10(14-6)13(11,4)5/h10-11,14H,7-9H2,1-6H3. The lowest BCUT2D eigenvalue weighted by molar-refractivity contribution is -0.135. The van der Waals surface area contributed by atoms with E-state index in [2.05, 4.69) is 39.9 Å². The van der Waals surface area contributed by atoms with E-state index in [1.165, 1.54) is 0 Å². The molecular formula is C13H27NO2. The molecule has 0 bridgehead atoms. The highest BCUT2D eigenvalue weighted by Gasteiger charge is 2.48. The van der Waals surface area contributed by atoms with Crippen LogP contribution >= 0.6 is 0 Å². The van der Waals surface area contributed by atoms with Gasteiger partial charge in [0.2, 0.25) is 0 Å². The van der Waals surface area contributed by atoms with Crippen molar-refractivity contribution in [2.24, 2.45) is 5.41 Å².